The molecule has 19 heavy (non-hydrogen) atoms. The summed E-state index contributed by atoms with van der Waals surface area (Å²) in [5.74, 6) is -0.197. The first kappa shape index (κ1) is 13.2. The lowest BCUT2D eigenvalue weighted by Gasteiger charge is -2.16. The highest BCUT2D eigenvalue weighted by Crippen LogP contribution is 2.04. The third-order valence-corrected chi connectivity index (χ3v) is 2.82. The second kappa shape index (κ2) is 6.66. The Kier molecular flexibility index (Phi) is 4.64. The maximum atomic E-state index is 12.0. The molecule has 1 heterocycles. The molecule has 4 nitrogen and oxygen atoms in total. The van der Waals surface area contributed by atoms with Gasteiger partial charge >= 0.3 is 0 Å². The van der Waals surface area contributed by atoms with Crippen LogP contribution in [0.1, 0.15) is 15.9 Å². The van der Waals surface area contributed by atoms with Gasteiger partial charge in [-0.2, -0.15) is 0 Å². The van der Waals surface area contributed by atoms with Crippen LogP contribution in [0.25, 0.3) is 0 Å². The Morgan fingerprint density at radius 3 is 2.47 bits per heavy atom. The molecule has 1 aromatic heterocycles. The first-order chi connectivity index (χ1) is 9.29. The van der Waals surface area contributed by atoms with Crippen molar-refractivity contribution in [1.29, 1.82) is 0 Å². The third-order valence-electron chi connectivity index (χ3n) is 2.82. The number of aromatic nitrogens is 1. The highest BCUT2D eigenvalue weighted by molar-refractivity contribution is 5.94. The average molecular weight is 256 g/mol. The number of carbonyl (C=O) groups is 1. The molecule has 2 aromatic rings. The van der Waals surface area contributed by atoms with Gasteiger partial charge in [-0.05, 0) is 24.1 Å². The number of nitrogens with one attached hydrogen (secondary N) is 1. The smallest absolute Gasteiger partial charge is 0.251 e. The van der Waals surface area contributed by atoms with Gasteiger partial charge < -0.3 is 10.4 Å². The summed E-state index contributed by atoms with van der Waals surface area (Å²) >= 11 is 0. The van der Waals surface area contributed by atoms with Crippen molar-refractivity contribution in [2.24, 2.45) is 0 Å². The molecule has 0 radical (unpaired) electrons. The summed E-state index contributed by atoms with van der Waals surface area (Å²) in [5.41, 5.74) is 1.62. The van der Waals surface area contributed by atoms with Crippen molar-refractivity contribution in [2.45, 2.75) is 12.5 Å². The normalized spacial score (nSPS) is 11.8. The van der Waals surface area contributed by atoms with E-state index in [9.17, 15) is 9.90 Å². The Bertz CT molecular complexity index is 514. The highest BCUT2D eigenvalue weighted by atomic mass is 16.3. The number of pyridine rings is 1. The topological polar surface area (TPSA) is 62.2 Å². The van der Waals surface area contributed by atoms with Crippen LogP contribution in [-0.2, 0) is 6.42 Å². The van der Waals surface area contributed by atoms with Crippen LogP contribution in [0.15, 0.2) is 54.9 Å². The molecule has 1 aromatic carbocycles. The quantitative estimate of drug-likeness (QED) is 0.850. The van der Waals surface area contributed by atoms with Crippen LogP contribution in [0.4, 0.5) is 0 Å². The van der Waals surface area contributed by atoms with Gasteiger partial charge in [0.2, 0.25) is 0 Å². The first-order valence-corrected chi connectivity index (χ1v) is 6.15. The minimum Gasteiger partial charge on any atom is -0.394 e. The van der Waals surface area contributed by atoms with Gasteiger partial charge in [0.25, 0.3) is 5.91 Å². The van der Waals surface area contributed by atoms with E-state index < -0.39 is 0 Å². The third kappa shape index (κ3) is 3.89. The molecule has 0 saturated carbocycles. The second-order valence-corrected chi connectivity index (χ2v) is 4.28. The zero-order valence-corrected chi connectivity index (χ0v) is 10.5. The lowest BCUT2D eigenvalue weighted by Crippen LogP contribution is -2.39. The van der Waals surface area contributed by atoms with Crippen molar-refractivity contribution in [3.8, 4) is 0 Å². The molecule has 4 heteroatoms. The molecule has 0 unspecified atom stereocenters. The molecule has 2 N–H and O–H groups in total. The van der Waals surface area contributed by atoms with Crippen LogP contribution in [0, 0.1) is 0 Å². The lowest BCUT2D eigenvalue weighted by molar-refractivity contribution is 0.0916. The van der Waals surface area contributed by atoms with E-state index in [1.54, 1.807) is 24.5 Å². The van der Waals surface area contributed by atoms with Crippen molar-refractivity contribution in [1.82, 2.24) is 10.3 Å². The summed E-state index contributed by atoms with van der Waals surface area (Å²) in [5, 5.41) is 12.2. The Morgan fingerprint density at radius 2 is 1.84 bits per heavy atom. The minimum atomic E-state index is -0.289. The zero-order valence-electron chi connectivity index (χ0n) is 10.5. The first-order valence-electron chi connectivity index (χ1n) is 6.15. The summed E-state index contributed by atoms with van der Waals surface area (Å²) in [4.78, 5) is 15.8. The predicted octanol–water partition coefficient (Wildman–Crippen LogP) is 1.41. The van der Waals surface area contributed by atoms with Crippen molar-refractivity contribution >= 4 is 5.91 Å². The van der Waals surface area contributed by atoms with Crippen LogP contribution < -0.4 is 5.32 Å². The van der Waals surface area contributed by atoms with Gasteiger partial charge in [-0.1, -0.05) is 30.3 Å². The van der Waals surface area contributed by atoms with Crippen LogP contribution in [0.2, 0.25) is 0 Å². The van der Waals surface area contributed by atoms with E-state index in [1.165, 1.54) is 0 Å². The molecule has 2 rings (SSSR count). The number of nitrogens with zero attached hydrogens (tertiary/aromatic N) is 1. The fourth-order valence-corrected chi connectivity index (χ4v) is 1.83. The van der Waals surface area contributed by atoms with Gasteiger partial charge in [-0.3, -0.25) is 9.78 Å². The Hall–Kier alpha value is -2.20. The van der Waals surface area contributed by atoms with Gasteiger partial charge in [-0.25, -0.2) is 0 Å². The fraction of sp³-hybridized carbons (Fsp3) is 0.200. The van der Waals surface area contributed by atoms with E-state index in [0.29, 0.717) is 12.0 Å². The molecule has 0 saturated heterocycles. The molecule has 1 atom stereocenters. The molecule has 98 valence electrons. The molecule has 0 aliphatic carbocycles. The van der Waals surface area contributed by atoms with Gasteiger partial charge in [-0.15, -0.1) is 0 Å². The largest absolute Gasteiger partial charge is 0.394 e. The number of rotatable bonds is 5. The van der Waals surface area contributed by atoms with E-state index in [-0.39, 0.29) is 18.6 Å². The number of amides is 1. The van der Waals surface area contributed by atoms with Gasteiger partial charge in [0, 0.05) is 18.0 Å². The minimum absolute atomic E-state index is 0.0915. The maximum absolute atomic E-state index is 12.0. The molecule has 0 spiro atoms. The summed E-state index contributed by atoms with van der Waals surface area (Å²) in [6, 6.07) is 12.8. The van der Waals surface area contributed by atoms with Crippen molar-refractivity contribution < 1.29 is 9.90 Å². The number of hydrogen-bond donors (Lipinski definition) is 2. The monoisotopic (exact) mass is 256 g/mol. The lowest BCUT2D eigenvalue weighted by atomic mass is 10.1. The summed E-state index contributed by atoms with van der Waals surface area (Å²) in [7, 11) is 0. The molecular formula is C15H16N2O2. The van der Waals surface area contributed by atoms with E-state index in [1.807, 2.05) is 30.3 Å². The Morgan fingerprint density at radius 1 is 1.16 bits per heavy atom. The second-order valence-electron chi connectivity index (χ2n) is 4.28. The number of aliphatic hydroxyl groups is 1. The molecule has 0 aliphatic rings. The van der Waals surface area contributed by atoms with E-state index in [0.717, 1.165) is 5.56 Å². The van der Waals surface area contributed by atoms with Crippen molar-refractivity contribution in [3.63, 3.8) is 0 Å². The Labute approximate surface area is 112 Å². The molecule has 0 fully saturated rings. The van der Waals surface area contributed by atoms with Gasteiger partial charge in [0.1, 0.15) is 0 Å². The van der Waals surface area contributed by atoms with E-state index in [2.05, 4.69) is 10.3 Å². The molecule has 0 bridgehead atoms. The van der Waals surface area contributed by atoms with E-state index in [4.69, 9.17) is 0 Å². The molecule has 0 aliphatic heterocycles. The standard InChI is InChI=1S/C15H16N2O2/c18-11-14(10-12-4-2-1-3-5-12)17-15(19)13-6-8-16-9-7-13/h1-9,14,18H,10-11H2,(H,17,19)/t14-/m0/s1. The van der Waals surface area contributed by atoms with Crippen molar-refractivity contribution in [3.05, 3.63) is 66.0 Å². The predicted molar refractivity (Wildman–Crippen MR) is 72.7 cm³/mol. The zero-order chi connectivity index (χ0) is 13.5. The maximum Gasteiger partial charge on any atom is 0.251 e. The van der Waals surface area contributed by atoms with Crippen LogP contribution in [-0.4, -0.2) is 28.6 Å². The number of aliphatic hydroxyl groups excluding tert-OH is 1. The summed E-state index contributed by atoms with van der Waals surface area (Å²) in [6.07, 6.45) is 3.74. The van der Waals surface area contributed by atoms with E-state index >= 15 is 0 Å². The highest BCUT2D eigenvalue weighted by Gasteiger charge is 2.13. The fourth-order valence-electron chi connectivity index (χ4n) is 1.83. The van der Waals surface area contributed by atoms with Crippen LogP contribution in [0.3, 0.4) is 0 Å². The van der Waals surface area contributed by atoms with Crippen LogP contribution in [0.5, 0.6) is 0 Å². The SMILES string of the molecule is O=C(N[C@H](CO)Cc1ccccc1)c1ccncc1. The summed E-state index contributed by atoms with van der Waals surface area (Å²) in [6.45, 7) is -0.0915. The Balaban J connectivity index is 1.98. The number of carbonyl (C=O) groups excluding carboxylic acids is 1. The van der Waals surface area contributed by atoms with Gasteiger partial charge in [0.15, 0.2) is 0 Å². The number of benzene rings is 1. The average Bonchev–Trinajstić information content (AvgIpc) is 2.48. The number of hydrogen-bond acceptors (Lipinski definition) is 3. The summed E-state index contributed by atoms with van der Waals surface area (Å²) < 4.78 is 0. The molecular weight excluding hydrogens is 240 g/mol. The molecule has 1 amide bonds. The van der Waals surface area contributed by atoms with Gasteiger partial charge in [0.05, 0.1) is 12.6 Å². The van der Waals surface area contributed by atoms with Crippen molar-refractivity contribution in [2.75, 3.05) is 6.61 Å². The van der Waals surface area contributed by atoms with Crippen LogP contribution >= 0.6 is 0 Å².